The lowest BCUT2D eigenvalue weighted by Crippen LogP contribution is -2.40. The summed E-state index contributed by atoms with van der Waals surface area (Å²) in [5, 5.41) is 0.176. The second kappa shape index (κ2) is 10.8. The van der Waals surface area contributed by atoms with Crippen molar-refractivity contribution in [1.82, 2.24) is 4.31 Å². The van der Waals surface area contributed by atoms with E-state index in [9.17, 15) is 8.42 Å². The molecular formula is C22H34BrNO3SSi. The third-order valence-electron chi connectivity index (χ3n) is 5.11. The van der Waals surface area contributed by atoms with Crippen LogP contribution in [0.25, 0.3) is 0 Å². The van der Waals surface area contributed by atoms with Crippen LogP contribution < -0.4 is 0 Å². The van der Waals surface area contributed by atoms with E-state index in [1.165, 1.54) is 4.31 Å². The van der Waals surface area contributed by atoms with Crippen LogP contribution in [0.15, 0.2) is 40.2 Å². The Morgan fingerprint density at radius 3 is 2.34 bits per heavy atom. The second-order valence-electron chi connectivity index (χ2n) is 8.66. The van der Waals surface area contributed by atoms with E-state index in [-0.39, 0.29) is 16.5 Å². The molecule has 0 aliphatic rings. The minimum Gasteiger partial charge on any atom is -0.417 e. The zero-order valence-corrected chi connectivity index (χ0v) is 21.9. The van der Waals surface area contributed by atoms with Crippen LogP contribution in [-0.2, 0) is 14.4 Å². The molecule has 0 unspecified atom stereocenters. The summed E-state index contributed by atoms with van der Waals surface area (Å²) < 4.78 is 34.1. The number of halogens is 1. The molecule has 1 rings (SSSR count). The largest absolute Gasteiger partial charge is 0.417 e. The molecule has 0 amide bonds. The van der Waals surface area contributed by atoms with Crippen LogP contribution in [-0.4, -0.2) is 34.2 Å². The quantitative estimate of drug-likeness (QED) is 0.180. The van der Waals surface area contributed by atoms with Crippen LogP contribution in [0.2, 0.25) is 18.1 Å². The Morgan fingerprint density at radius 2 is 1.83 bits per heavy atom. The summed E-state index contributed by atoms with van der Waals surface area (Å²) in [4.78, 5) is 0.249. The summed E-state index contributed by atoms with van der Waals surface area (Å²) in [5.74, 6) is 3.01. The van der Waals surface area contributed by atoms with E-state index in [0.717, 1.165) is 16.5 Å². The van der Waals surface area contributed by atoms with Crippen molar-refractivity contribution in [1.29, 1.82) is 0 Å². The molecule has 1 aromatic rings. The Balaban J connectivity index is 2.80. The zero-order chi connectivity index (χ0) is 22.3. The van der Waals surface area contributed by atoms with Gasteiger partial charge in [0.05, 0.1) is 4.90 Å². The Labute approximate surface area is 187 Å². The number of nitrogens with zero attached hydrogens (tertiary/aromatic N) is 1. The van der Waals surface area contributed by atoms with Crippen LogP contribution in [0.3, 0.4) is 0 Å². The van der Waals surface area contributed by atoms with E-state index in [0.29, 0.717) is 19.4 Å². The van der Waals surface area contributed by atoms with Crippen molar-refractivity contribution in [2.75, 3.05) is 13.2 Å². The SMILES string of the molecule is C=C(Br)CCN(C#CCCCO[Si](C)(C)C(C)(C)C)S(=O)(=O)c1ccc(C)cc1. The number of hydrogen-bond acceptors (Lipinski definition) is 3. The van der Waals surface area contributed by atoms with Gasteiger partial charge in [0, 0.05) is 25.6 Å². The Hall–Kier alpha value is -1.07. The lowest BCUT2D eigenvalue weighted by Gasteiger charge is -2.36. The van der Waals surface area contributed by atoms with E-state index in [1.54, 1.807) is 24.3 Å². The summed E-state index contributed by atoms with van der Waals surface area (Å²) in [6, 6.07) is 9.67. The summed E-state index contributed by atoms with van der Waals surface area (Å²) in [7, 11) is -5.44. The third kappa shape index (κ3) is 8.29. The molecule has 0 aliphatic heterocycles. The summed E-state index contributed by atoms with van der Waals surface area (Å²) in [5.41, 5.74) is 1.01. The van der Waals surface area contributed by atoms with Crippen LogP contribution >= 0.6 is 15.9 Å². The molecule has 0 N–H and O–H groups in total. The summed E-state index contributed by atoms with van der Waals surface area (Å²) in [6.07, 6.45) is 1.86. The maximum Gasteiger partial charge on any atom is 0.270 e. The fraction of sp³-hybridized carbons (Fsp3) is 0.545. The van der Waals surface area contributed by atoms with Gasteiger partial charge < -0.3 is 4.43 Å². The van der Waals surface area contributed by atoms with E-state index in [4.69, 9.17) is 4.43 Å². The molecule has 0 saturated carbocycles. The first-order valence-electron chi connectivity index (χ1n) is 9.82. The first-order chi connectivity index (χ1) is 13.3. The third-order valence-corrected chi connectivity index (χ3v) is 11.8. The topological polar surface area (TPSA) is 46.6 Å². The molecule has 1 aromatic carbocycles. The molecule has 0 atom stereocenters. The molecule has 0 fully saturated rings. The van der Waals surface area contributed by atoms with Crippen molar-refractivity contribution in [3.05, 3.63) is 40.9 Å². The second-order valence-corrected chi connectivity index (χ2v) is 16.5. The molecule has 0 aliphatic carbocycles. The molecule has 7 heteroatoms. The van der Waals surface area contributed by atoms with Crippen molar-refractivity contribution < 1.29 is 12.8 Å². The normalized spacial score (nSPS) is 12.2. The van der Waals surface area contributed by atoms with Crippen molar-refractivity contribution in [2.24, 2.45) is 0 Å². The number of rotatable bonds is 9. The average Bonchev–Trinajstić information content (AvgIpc) is 2.59. The molecule has 29 heavy (non-hydrogen) atoms. The minimum atomic E-state index is -3.68. The van der Waals surface area contributed by atoms with Crippen LogP contribution in [0.1, 0.15) is 45.6 Å². The van der Waals surface area contributed by atoms with Crippen molar-refractivity contribution in [2.45, 2.75) is 70.0 Å². The molecule has 0 spiro atoms. The fourth-order valence-electron chi connectivity index (χ4n) is 2.14. The van der Waals surface area contributed by atoms with E-state index in [1.807, 2.05) is 6.92 Å². The van der Waals surface area contributed by atoms with Gasteiger partial charge in [-0.25, -0.2) is 12.7 Å². The first kappa shape index (κ1) is 26.0. The molecule has 0 radical (unpaired) electrons. The standard InChI is InChI=1S/C22H34BrNO3SSi/c1-19-11-13-21(14-12-19)28(25,26)24(17-15-20(2)23)16-9-8-10-18-27-29(6,7)22(3,4)5/h11-14H,2,8,10,15,17-18H2,1,3-7H3. The van der Waals surface area contributed by atoms with E-state index in [2.05, 4.69) is 68.3 Å². The molecular weight excluding hydrogens is 466 g/mol. The fourth-order valence-corrected chi connectivity index (χ4v) is 4.66. The number of hydrogen-bond donors (Lipinski definition) is 0. The van der Waals surface area contributed by atoms with Crippen molar-refractivity contribution in [3.63, 3.8) is 0 Å². The summed E-state index contributed by atoms with van der Waals surface area (Å²) in [6.45, 7) is 17.7. The molecule has 162 valence electrons. The number of sulfonamides is 1. The van der Waals surface area contributed by atoms with Gasteiger partial charge in [-0.05, 0) is 54.5 Å². The van der Waals surface area contributed by atoms with Gasteiger partial charge in [0.25, 0.3) is 10.0 Å². The molecule has 4 nitrogen and oxygen atoms in total. The number of benzene rings is 1. The van der Waals surface area contributed by atoms with E-state index < -0.39 is 18.3 Å². The number of aryl methyl sites for hydroxylation is 1. The van der Waals surface area contributed by atoms with Crippen LogP contribution in [0.4, 0.5) is 0 Å². The smallest absolute Gasteiger partial charge is 0.270 e. The van der Waals surface area contributed by atoms with E-state index >= 15 is 0 Å². The monoisotopic (exact) mass is 499 g/mol. The average molecular weight is 501 g/mol. The Bertz CT molecular complexity index is 847. The maximum atomic E-state index is 13.0. The molecule has 0 saturated heterocycles. The predicted molar refractivity (Wildman–Crippen MR) is 128 cm³/mol. The zero-order valence-electron chi connectivity index (χ0n) is 18.5. The van der Waals surface area contributed by atoms with Gasteiger partial charge >= 0.3 is 0 Å². The van der Waals surface area contributed by atoms with Gasteiger partial charge in [0.2, 0.25) is 0 Å². The highest BCUT2D eigenvalue weighted by atomic mass is 79.9. The van der Waals surface area contributed by atoms with Gasteiger partial charge in [-0.3, -0.25) is 0 Å². The van der Waals surface area contributed by atoms with Crippen LogP contribution in [0.5, 0.6) is 0 Å². The first-order valence-corrected chi connectivity index (χ1v) is 15.0. The lowest BCUT2D eigenvalue weighted by molar-refractivity contribution is 0.284. The van der Waals surface area contributed by atoms with Crippen molar-refractivity contribution in [3.8, 4) is 12.0 Å². The Kier molecular flexibility index (Phi) is 9.67. The van der Waals surface area contributed by atoms with Crippen molar-refractivity contribution >= 4 is 34.3 Å². The van der Waals surface area contributed by atoms with Gasteiger partial charge in [-0.2, -0.15) is 0 Å². The van der Waals surface area contributed by atoms with Gasteiger partial charge in [0.15, 0.2) is 8.32 Å². The number of unbranched alkanes of at least 4 members (excludes halogenated alkanes) is 1. The highest BCUT2D eigenvalue weighted by Crippen LogP contribution is 2.36. The maximum absolute atomic E-state index is 13.0. The Morgan fingerprint density at radius 1 is 1.24 bits per heavy atom. The highest BCUT2D eigenvalue weighted by molar-refractivity contribution is 9.11. The lowest BCUT2D eigenvalue weighted by atomic mass is 10.2. The molecule has 0 aromatic heterocycles. The van der Waals surface area contributed by atoms with Gasteiger partial charge in [0.1, 0.15) is 0 Å². The molecule has 0 bridgehead atoms. The highest BCUT2D eigenvalue weighted by Gasteiger charge is 2.36. The van der Waals surface area contributed by atoms with Gasteiger partial charge in [-0.1, -0.05) is 66.9 Å². The predicted octanol–water partition coefficient (Wildman–Crippen LogP) is 6.05. The molecule has 0 heterocycles. The van der Waals surface area contributed by atoms with Crippen LogP contribution in [0, 0.1) is 18.9 Å². The van der Waals surface area contributed by atoms with Gasteiger partial charge in [-0.15, -0.1) is 0 Å². The minimum absolute atomic E-state index is 0.176. The summed E-state index contributed by atoms with van der Waals surface area (Å²) >= 11 is 3.30.